The van der Waals surface area contributed by atoms with Crippen LogP contribution in [0.4, 0.5) is 11.4 Å². The Morgan fingerprint density at radius 3 is 2.53 bits per heavy atom. The van der Waals surface area contributed by atoms with E-state index in [1.54, 1.807) is 20.2 Å². The Bertz CT molecular complexity index is 1090. The highest BCUT2D eigenvalue weighted by atomic mass is 16.5. The van der Waals surface area contributed by atoms with Crippen LogP contribution in [-0.2, 0) is 20.9 Å². The van der Waals surface area contributed by atoms with Crippen molar-refractivity contribution >= 4 is 34.2 Å². The van der Waals surface area contributed by atoms with Gasteiger partial charge in [-0.05, 0) is 30.3 Å². The zero-order chi connectivity index (χ0) is 22.5. The number of rotatable bonds is 7. The molecule has 0 unspecified atom stereocenters. The SMILES string of the molecule is COCc1c(C(=O)N(C)CC(=O)Nc2ccc(N3CCOCC3)cc2)oc2ccccc12. The number of ether oxygens (including phenoxy) is 2. The van der Waals surface area contributed by atoms with Crippen LogP contribution in [0.3, 0.4) is 0 Å². The Morgan fingerprint density at radius 2 is 1.81 bits per heavy atom. The molecule has 2 amide bonds. The molecule has 1 N–H and O–H groups in total. The Hall–Kier alpha value is -3.36. The summed E-state index contributed by atoms with van der Waals surface area (Å²) in [4.78, 5) is 29.1. The summed E-state index contributed by atoms with van der Waals surface area (Å²) in [6.45, 7) is 3.28. The minimum atomic E-state index is -0.369. The molecule has 168 valence electrons. The van der Waals surface area contributed by atoms with Crippen LogP contribution in [0.1, 0.15) is 16.1 Å². The molecule has 1 aromatic heterocycles. The second kappa shape index (κ2) is 9.84. The third kappa shape index (κ3) is 4.76. The van der Waals surface area contributed by atoms with Gasteiger partial charge in [0.05, 0.1) is 26.4 Å². The summed E-state index contributed by atoms with van der Waals surface area (Å²) in [7, 11) is 3.14. The van der Waals surface area contributed by atoms with Crippen molar-refractivity contribution in [2.75, 3.05) is 57.2 Å². The summed E-state index contributed by atoms with van der Waals surface area (Å²) in [5.41, 5.74) is 3.06. The van der Waals surface area contributed by atoms with E-state index < -0.39 is 0 Å². The Balaban J connectivity index is 1.40. The number of nitrogens with zero attached hydrogens (tertiary/aromatic N) is 2. The molecular formula is C24H27N3O5. The van der Waals surface area contributed by atoms with Gasteiger partial charge in [-0.2, -0.15) is 0 Å². The normalized spacial score (nSPS) is 13.9. The van der Waals surface area contributed by atoms with E-state index in [4.69, 9.17) is 13.9 Å². The highest BCUT2D eigenvalue weighted by molar-refractivity contribution is 6.01. The van der Waals surface area contributed by atoms with Crippen molar-refractivity contribution in [3.63, 3.8) is 0 Å². The van der Waals surface area contributed by atoms with Crippen LogP contribution >= 0.6 is 0 Å². The number of benzene rings is 2. The number of hydrogen-bond acceptors (Lipinski definition) is 6. The van der Waals surface area contributed by atoms with Gasteiger partial charge < -0.3 is 29.0 Å². The fraction of sp³-hybridized carbons (Fsp3) is 0.333. The number of methoxy groups -OCH3 is 1. The van der Waals surface area contributed by atoms with Gasteiger partial charge in [-0.1, -0.05) is 18.2 Å². The van der Waals surface area contributed by atoms with E-state index in [1.165, 1.54) is 4.90 Å². The van der Waals surface area contributed by atoms with Crippen molar-refractivity contribution in [1.29, 1.82) is 0 Å². The molecule has 0 saturated carbocycles. The average Bonchev–Trinajstić information content (AvgIpc) is 3.18. The standard InChI is InChI=1S/C24H27N3O5/c1-26(24(29)23-20(16-30-2)19-5-3-4-6-21(19)32-23)15-22(28)25-17-7-9-18(10-8-17)27-11-13-31-14-12-27/h3-10H,11-16H2,1-2H3,(H,25,28). The number of furan rings is 1. The molecule has 0 bridgehead atoms. The summed E-state index contributed by atoms with van der Waals surface area (Å²) in [6.07, 6.45) is 0. The van der Waals surface area contributed by atoms with Crippen molar-refractivity contribution < 1.29 is 23.5 Å². The molecule has 1 fully saturated rings. The predicted octanol–water partition coefficient (Wildman–Crippen LogP) is 3.13. The van der Waals surface area contributed by atoms with Gasteiger partial charge in [0.25, 0.3) is 5.91 Å². The average molecular weight is 437 g/mol. The molecule has 1 saturated heterocycles. The second-order valence-corrected chi connectivity index (χ2v) is 7.69. The fourth-order valence-electron chi connectivity index (χ4n) is 3.80. The molecule has 0 aliphatic carbocycles. The number of fused-ring (bicyclic) bond motifs is 1. The molecule has 2 heterocycles. The number of nitrogens with one attached hydrogen (secondary N) is 1. The quantitative estimate of drug-likeness (QED) is 0.611. The fourth-order valence-corrected chi connectivity index (χ4v) is 3.80. The zero-order valence-electron chi connectivity index (χ0n) is 18.3. The molecule has 0 atom stereocenters. The first-order chi connectivity index (χ1) is 15.6. The monoisotopic (exact) mass is 437 g/mol. The molecule has 8 nitrogen and oxygen atoms in total. The maximum atomic E-state index is 13.0. The van der Waals surface area contributed by atoms with E-state index in [1.807, 2.05) is 42.5 Å². The van der Waals surface area contributed by atoms with Crippen molar-refractivity contribution in [2.24, 2.45) is 0 Å². The highest BCUT2D eigenvalue weighted by Gasteiger charge is 2.24. The molecule has 0 spiro atoms. The number of amides is 2. The van der Waals surface area contributed by atoms with Gasteiger partial charge in [-0.3, -0.25) is 9.59 Å². The molecule has 4 rings (SSSR count). The van der Waals surface area contributed by atoms with Gasteiger partial charge in [0.2, 0.25) is 5.91 Å². The smallest absolute Gasteiger partial charge is 0.290 e. The molecule has 0 radical (unpaired) electrons. The number of carbonyl (C=O) groups is 2. The van der Waals surface area contributed by atoms with E-state index >= 15 is 0 Å². The third-order valence-electron chi connectivity index (χ3n) is 5.44. The summed E-state index contributed by atoms with van der Waals surface area (Å²) in [5, 5.41) is 3.67. The second-order valence-electron chi connectivity index (χ2n) is 7.69. The lowest BCUT2D eigenvalue weighted by Crippen LogP contribution is -2.36. The van der Waals surface area contributed by atoms with E-state index in [0.717, 1.165) is 37.4 Å². The van der Waals surface area contributed by atoms with Crippen LogP contribution in [0.2, 0.25) is 0 Å². The lowest BCUT2D eigenvalue weighted by molar-refractivity contribution is -0.116. The van der Waals surface area contributed by atoms with E-state index in [2.05, 4.69) is 10.2 Å². The van der Waals surface area contributed by atoms with Crippen molar-refractivity contribution in [1.82, 2.24) is 4.90 Å². The minimum absolute atomic E-state index is 0.104. The molecule has 32 heavy (non-hydrogen) atoms. The van der Waals surface area contributed by atoms with Gasteiger partial charge in [0.15, 0.2) is 5.76 Å². The maximum Gasteiger partial charge on any atom is 0.290 e. The van der Waals surface area contributed by atoms with Gasteiger partial charge in [0, 0.05) is 49.6 Å². The van der Waals surface area contributed by atoms with E-state index in [-0.39, 0.29) is 30.7 Å². The van der Waals surface area contributed by atoms with Crippen LogP contribution in [0, 0.1) is 0 Å². The molecule has 3 aromatic rings. The van der Waals surface area contributed by atoms with Gasteiger partial charge >= 0.3 is 0 Å². The van der Waals surface area contributed by atoms with Crippen LogP contribution < -0.4 is 10.2 Å². The molecule has 1 aliphatic heterocycles. The number of carbonyl (C=O) groups excluding carboxylic acids is 2. The Morgan fingerprint density at radius 1 is 1.09 bits per heavy atom. The molecular weight excluding hydrogens is 410 g/mol. The van der Waals surface area contributed by atoms with Gasteiger partial charge in [-0.25, -0.2) is 0 Å². The summed E-state index contributed by atoms with van der Waals surface area (Å²) < 4.78 is 16.4. The van der Waals surface area contributed by atoms with Crippen LogP contribution in [0.25, 0.3) is 11.0 Å². The van der Waals surface area contributed by atoms with Crippen molar-refractivity contribution in [3.8, 4) is 0 Å². The summed E-state index contributed by atoms with van der Waals surface area (Å²) >= 11 is 0. The molecule has 1 aliphatic rings. The topological polar surface area (TPSA) is 84.2 Å². The Labute approximate surface area is 186 Å². The first-order valence-electron chi connectivity index (χ1n) is 10.5. The lowest BCUT2D eigenvalue weighted by atomic mass is 10.1. The van der Waals surface area contributed by atoms with Crippen molar-refractivity contribution in [3.05, 3.63) is 59.9 Å². The number of para-hydroxylation sites is 1. The number of hydrogen-bond donors (Lipinski definition) is 1. The van der Waals surface area contributed by atoms with E-state index in [0.29, 0.717) is 16.8 Å². The number of anilines is 2. The summed E-state index contributed by atoms with van der Waals surface area (Å²) in [6, 6.07) is 15.1. The van der Waals surface area contributed by atoms with Crippen LogP contribution in [-0.4, -0.2) is 63.7 Å². The lowest BCUT2D eigenvalue weighted by Gasteiger charge is -2.28. The van der Waals surface area contributed by atoms with Gasteiger partial charge in [0.1, 0.15) is 5.58 Å². The molecule has 8 heteroatoms. The predicted molar refractivity (Wildman–Crippen MR) is 122 cm³/mol. The van der Waals surface area contributed by atoms with E-state index in [9.17, 15) is 9.59 Å². The largest absolute Gasteiger partial charge is 0.451 e. The van der Waals surface area contributed by atoms with Crippen LogP contribution in [0.15, 0.2) is 52.9 Å². The highest BCUT2D eigenvalue weighted by Crippen LogP contribution is 2.27. The number of likely N-dealkylation sites (N-methyl/N-ethyl adjacent to an activating group) is 1. The Kier molecular flexibility index (Phi) is 6.72. The first kappa shape index (κ1) is 21.9. The van der Waals surface area contributed by atoms with Gasteiger partial charge in [-0.15, -0.1) is 0 Å². The summed E-state index contributed by atoms with van der Waals surface area (Å²) in [5.74, 6) is -0.464. The third-order valence-corrected chi connectivity index (χ3v) is 5.44. The zero-order valence-corrected chi connectivity index (χ0v) is 18.3. The molecule has 2 aromatic carbocycles. The van der Waals surface area contributed by atoms with Crippen molar-refractivity contribution in [2.45, 2.75) is 6.61 Å². The first-order valence-corrected chi connectivity index (χ1v) is 10.5. The maximum absolute atomic E-state index is 13.0. The number of morpholine rings is 1. The van der Waals surface area contributed by atoms with Crippen LogP contribution in [0.5, 0.6) is 0 Å². The minimum Gasteiger partial charge on any atom is -0.451 e.